The van der Waals surface area contributed by atoms with E-state index >= 15 is 0 Å². The minimum Gasteiger partial charge on any atom is -0.375 e. The Morgan fingerprint density at radius 2 is 2.30 bits per heavy atom. The van der Waals surface area contributed by atoms with E-state index in [2.05, 4.69) is 15.6 Å². The van der Waals surface area contributed by atoms with E-state index < -0.39 is 0 Å². The fourth-order valence-electron chi connectivity index (χ4n) is 3.43. The van der Waals surface area contributed by atoms with Crippen molar-refractivity contribution < 1.29 is 4.74 Å². The van der Waals surface area contributed by atoms with E-state index in [4.69, 9.17) is 9.72 Å². The average Bonchev–Trinajstić information content (AvgIpc) is 2.98. The van der Waals surface area contributed by atoms with Crippen molar-refractivity contribution in [3.05, 3.63) is 16.1 Å². The van der Waals surface area contributed by atoms with Crippen LogP contribution >= 0.6 is 11.3 Å². The number of nitrogens with zero attached hydrogens (tertiary/aromatic N) is 2. The Hall–Kier alpha value is -0.490. The van der Waals surface area contributed by atoms with E-state index in [1.54, 1.807) is 11.3 Å². The van der Waals surface area contributed by atoms with Crippen molar-refractivity contribution in [2.24, 2.45) is 0 Å². The maximum Gasteiger partial charge on any atom is 0.107 e. The molecule has 0 radical (unpaired) electrons. The van der Waals surface area contributed by atoms with Crippen LogP contribution in [0.5, 0.6) is 0 Å². The van der Waals surface area contributed by atoms with Crippen molar-refractivity contribution in [2.45, 2.75) is 63.4 Å². The highest BCUT2D eigenvalue weighted by molar-refractivity contribution is 7.09. The lowest BCUT2D eigenvalue weighted by Gasteiger charge is -2.37. The van der Waals surface area contributed by atoms with Gasteiger partial charge < -0.3 is 10.1 Å². The summed E-state index contributed by atoms with van der Waals surface area (Å²) in [6.07, 6.45) is 7.03. The summed E-state index contributed by atoms with van der Waals surface area (Å²) in [6.45, 7) is 3.91. The van der Waals surface area contributed by atoms with Crippen LogP contribution in [0.3, 0.4) is 0 Å². The molecule has 20 heavy (non-hydrogen) atoms. The summed E-state index contributed by atoms with van der Waals surface area (Å²) in [5.41, 5.74) is 1.25. The van der Waals surface area contributed by atoms with E-state index in [1.165, 1.54) is 42.8 Å². The summed E-state index contributed by atoms with van der Waals surface area (Å²) in [5.74, 6) is 0. The summed E-state index contributed by atoms with van der Waals surface area (Å²) in [4.78, 5) is 7.38. The Labute approximate surface area is 124 Å². The smallest absolute Gasteiger partial charge is 0.107 e. The maximum absolute atomic E-state index is 5.88. The Morgan fingerprint density at radius 3 is 3.20 bits per heavy atom. The van der Waals surface area contributed by atoms with Crippen LogP contribution < -0.4 is 5.32 Å². The van der Waals surface area contributed by atoms with Crippen LogP contribution in [0, 0.1) is 0 Å². The SMILES string of the molecule is c1sc(CNC2CC2)nc1CN1CCOC2CCCC21. The first-order chi connectivity index (χ1) is 9.88. The molecule has 2 saturated carbocycles. The summed E-state index contributed by atoms with van der Waals surface area (Å²) in [5, 5.41) is 7.02. The molecule has 0 aromatic carbocycles. The fraction of sp³-hybridized carbons (Fsp3) is 0.800. The van der Waals surface area contributed by atoms with Crippen LogP contribution in [-0.2, 0) is 17.8 Å². The number of morpholine rings is 1. The van der Waals surface area contributed by atoms with Crippen molar-refractivity contribution in [3.63, 3.8) is 0 Å². The van der Waals surface area contributed by atoms with E-state index in [0.717, 1.165) is 32.3 Å². The highest BCUT2D eigenvalue weighted by Gasteiger charge is 2.36. The molecule has 2 atom stereocenters. The number of nitrogens with one attached hydrogen (secondary N) is 1. The Morgan fingerprint density at radius 1 is 1.35 bits per heavy atom. The Kier molecular flexibility index (Phi) is 3.77. The molecule has 1 aromatic rings. The molecule has 1 saturated heterocycles. The van der Waals surface area contributed by atoms with Crippen LogP contribution in [0.15, 0.2) is 5.38 Å². The molecule has 2 heterocycles. The van der Waals surface area contributed by atoms with Gasteiger partial charge in [0.05, 0.1) is 18.4 Å². The van der Waals surface area contributed by atoms with Crippen molar-refractivity contribution in [1.82, 2.24) is 15.2 Å². The van der Waals surface area contributed by atoms with Gasteiger partial charge in [0.15, 0.2) is 0 Å². The Balaban J connectivity index is 1.35. The highest BCUT2D eigenvalue weighted by atomic mass is 32.1. The lowest BCUT2D eigenvalue weighted by Crippen LogP contribution is -2.47. The first kappa shape index (κ1) is 13.2. The predicted octanol–water partition coefficient (Wildman–Crippen LogP) is 2.15. The molecule has 3 aliphatic rings. The molecule has 0 bridgehead atoms. The highest BCUT2D eigenvalue weighted by Crippen LogP contribution is 2.30. The molecule has 3 fully saturated rings. The van der Waals surface area contributed by atoms with Gasteiger partial charge in [-0.15, -0.1) is 11.3 Å². The molecule has 2 unspecified atom stereocenters. The standard InChI is InChI=1S/C15H23N3OS/c1-2-13-14(3-1)19-7-6-18(13)9-12-10-20-15(17-12)8-16-11-4-5-11/h10-11,13-14,16H,1-9H2. The third-order valence-electron chi connectivity index (χ3n) is 4.68. The number of rotatable bonds is 5. The number of aromatic nitrogens is 1. The molecule has 1 aliphatic heterocycles. The van der Waals surface area contributed by atoms with Gasteiger partial charge in [0.25, 0.3) is 0 Å². The Bertz CT molecular complexity index is 460. The van der Waals surface area contributed by atoms with Gasteiger partial charge in [-0.25, -0.2) is 4.98 Å². The second-order valence-electron chi connectivity index (χ2n) is 6.27. The second kappa shape index (κ2) is 5.72. The van der Waals surface area contributed by atoms with E-state index in [0.29, 0.717) is 12.1 Å². The number of thiazole rings is 1. The van der Waals surface area contributed by atoms with E-state index in [-0.39, 0.29) is 0 Å². The van der Waals surface area contributed by atoms with Gasteiger partial charge in [-0.05, 0) is 32.1 Å². The van der Waals surface area contributed by atoms with Crippen LogP contribution in [0.4, 0.5) is 0 Å². The molecule has 5 heteroatoms. The van der Waals surface area contributed by atoms with Gasteiger partial charge in [0.2, 0.25) is 0 Å². The molecular formula is C15H23N3OS. The summed E-state index contributed by atoms with van der Waals surface area (Å²) in [7, 11) is 0. The van der Waals surface area contributed by atoms with Crippen LogP contribution in [0.2, 0.25) is 0 Å². The van der Waals surface area contributed by atoms with Crippen LogP contribution in [0.1, 0.15) is 42.8 Å². The number of hydrogen-bond acceptors (Lipinski definition) is 5. The third kappa shape index (κ3) is 2.91. The van der Waals surface area contributed by atoms with Gasteiger partial charge in [-0.2, -0.15) is 0 Å². The molecule has 4 rings (SSSR count). The maximum atomic E-state index is 5.88. The average molecular weight is 293 g/mol. The zero-order chi connectivity index (χ0) is 13.4. The van der Waals surface area contributed by atoms with Crippen molar-refractivity contribution in [2.75, 3.05) is 13.2 Å². The van der Waals surface area contributed by atoms with Gasteiger partial charge in [0, 0.05) is 37.1 Å². The minimum atomic E-state index is 0.485. The van der Waals surface area contributed by atoms with Gasteiger partial charge in [-0.1, -0.05) is 0 Å². The molecular weight excluding hydrogens is 270 g/mol. The molecule has 110 valence electrons. The molecule has 1 aromatic heterocycles. The first-order valence-electron chi connectivity index (χ1n) is 7.91. The number of fused-ring (bicyclic) bond motifs is 1. The number of hydrogen-bond donors (Lipinski definition) is 1. The zero-order valence-corrected chi connectivity index (χ0v) is 12.7. The minimum absolute atomic E-state index is 0.485. The van der Waals surface area contributed by atoms with Gasteiger partial charge in [-0.3, -0.25) is 4.90 Å². The lowest BCUT2D eigenvalue weighted by molar-refractivity contribution is -0.0591. The third-order valence-corrected chi connectivity index (χ3v) is 5.58. The zero-order valence-electron chi connectivity index (χ0n) is 11.9. The molecule has 0 amide bonds. The molecule has 1 N–H and O–H groups in total. The van der Waals surface area contributed by atoms with Crippen molar-refractivity contribution >= 4 is 11.3 Å². The summed E-state index contributed by atoms with van der Waals surface area (Å²) < 4.78 is 5.88. The van der Waals surface area contributed by atoms with Crippen molar-refractivity contribution in [1.29, 1.82) is 0 Å². The second-order valence-corrected chi connectivity index (χ2v) is 7.21. The fourth-order valence-corrected chi connectivity index (χ4v) is 4.17. The largest absolute Gasteiger partial charge is 0.375 e. The predicted molar refractivity (Wildman–Crippen MR) is 79.8 cm³/mol. The topological polar surface area (TPSA) is 37.4 Å². The quantitative estimate of drug-likeness (QED) is 0.902. The number of ether oxygens (including phenoxy) is 1. The molecule has 0 spiro atoms. The molecule has 4 nitrogen and oxygen atoms in total. The van der Waals surface area contributed by atoms with Gasteiger partial charge >= 0.3 is 0 Å². The van der Waals surface area contributed by atoms with Crippen LogP contribution in [0.25, 0.3) is 0 Å². The molecule has 2 aliphatic carbocycles. The first-order valence-corrected chi connectivity index (χ1v) is 8.79. The van der Waals surface area contributed by atoms with E-state index in [9.17, 15) is 0 Å². The van der Waals surface area contributed by atoms with Gasteiger partial charge in [0.1, 0.15) is 5.01 Å². The van der Waals surface area contributed by atoms with Crippen LogP contribution in [-0.4, -0.2) is 41.2 Å². The lowest BCUT2D eigenvalue weighted by atomic mass is 10.1. The normalized spacial score (nSPS) is 30.6. The summed E-state index contributed by atoms with van der Waals surface area (Å²) in [6, 6.07) is 1.40. The summed E-state index contributed by atoms with van der Waals surface area (Å²) >= 11 is 1.80. The van der Waals surface area contributed by atoms with E-state index in [1.807, 2.05) is 0 Å². The van der Waals surface area contributed by atoms with Crippen molar-refractivity contribution in [3.8, 4) is 0 Å². The monoisotopic (exact) mass is 293 g/mol.